The van der Waals surface area contributed by atoms with Gasteiger partial charge in [0.15, 0.2) is 11.5 Å². The van der Waals surface area contributed by atoms with Crippen LogP contribution in [0, 0.1) is 0 Å². The fraction of sp³-hybridized carbons (Fsp3) is 0.273. The van der Waals surface area contributed by atoms with Crippen molar-refractivity contribution in [1.82, 2.24) is 40.1 Å². The second-order valence-electron chi connectivity index (χ2n) is 10.6. The van der Waals surface area contributed by atoms with E-state index in [1.54, 1.807) is 6.20 Å². The summed E-state index contributed by atoms with van der Waals surface area (Å²) in [6.07, 6.45) is 5.11. The Hall–Kier alpha value is -4.80. The number of H-pyrrole nitrogens is 1. The third kappa shape index (κ3) is 5.54. The number of fused-ring (bicyclic) bond motifs is 1. The van der Waals surface area contributed by atoms with Crippen molar-refractivity contribution in [1.29, 1.82) is 0 Å². The number of aromatic amines is 1. The van der Waals surface area contributed by atoms with E-state index in [1.807, 2.05) is 36.4 Å². The Bertz CT molecular complexity index is 1810. The van der Waals surface area contributed by atoms with Crippen LogP contribution < -0.4 is 0 Å². The van der Waals surface area contributed by atoms with E-state index in [-0.39, 0.29) is 0 Å². The van der Waals surface area contributed by atoms with Crippen molar-refractivity contribution in [2.24, 2.45) is 0 Å². The standard InChI is InChI=1S/C33H32N8O2/c1-2-3-12-29-35-28-20-26(27-11-6-7-17-34-27)30(33-42-18-8-19-43-33)36-32(28)41(29)21-22-13-15-23(16-14-22)24-9-4-5-10-25(24)31-37-39-40-38-31/h4-7,9-11,13-17,20,33H,2-3,8,12,18-19,21H2,1H3,(H,37,38,39,40). The van der Waals surface area contributed by atoms with Crippen molar-refractivity contribution < 1.29 is 9.47 Å². The lowest BCUT2D eigenvalue weighted by Gasteiger charge is -2.24. The molecule has 10 nitrogen and oxygen atoms in total. The molecule has 43 heavy (non-hydrogen) atoms. The molecule has 1 aliphatic heterocycles. The summed E-state index contributed by atoms with van der Waals surface area (Å²) in [7, 11) is 0. The summed E-state index contributed by atoms with van der Waals surface area (Å²) < 4.78 is 14.3. The predicted octanol–water partition coefficient (Wildman–Crippen LogP) is 6.17. The number of pyridine rings is 2. The van der Waals surface area contributed by atoms with Gasteiger partial charge in [0.05, 0.1) is 25.5 Å². The first kappa shape index (κ1) is 27.1. The molecule has 0 saturated carbocycles. The normalized spacial score (nSPS) is 14.0. The number of tetrazole rings is 1. The number of imidazole rings is 1. The Kier molecular flexibility index (Phi) is 7.68. The molecule has 1 fully saturated rings. The molecule has 1 aliphatic rings. The molecular weight excluding hydrogens is 540 g/mol. The smallest absolute Gasteiger partial charge is 0.201 e. The Labute approximate surface area is 249 Å². The third-order valence-electron chi connectivity index (χ3n) is 7.71. The maximum absolute atomic E-state index is 6.04. The van der Waals surface area contributed by atoms with Crippen LogP contribution in [0.25, 0.3) is 44.9 Å². The molecule has 0 spiro atoms. The Morgan fingerprint density at radius 3 is 2.47 bits per heavy atom. The molecule has 0 atom stereocenters. The highest BCUT2D eigenvalue weighted by atomic mass is 16.7. The van der Waals surface area contributed by atoms with Gasteiger partial charge < -0.3 is 14.0 Å². The molecule has 4 aromatic heterocycles. The van der Waals surface area contributed by atoms with Gasteiger partial charge in [-0.05, 0) is 58.2 Å². The van der Waals surface area contributed by atoms with E-state index in [1.165, 1.54) is 0 Å². The number of unbranched alkanes of at least 4 members (excludes halogenated alkanes) is 1. The average molecular weight is 573 g/mol. The van der Waals surface area contributed by atoms with Crippen LogP contribution in [0.5, 0.6) is 0 Å². The highest BCUT2D eigenvalue weighted by Crippen LogP contribution is 2.34. The van der Waals surface area contributed by atoms with Gasteiger partial charge >= 0.3 is 0 Å². The van der Waals surface area contributed by atoms with E-state index in [0.29, 0.717) is 25.6 Å². The van der Waals surface area contributed by atoms with Crippen LogP contribution >= 0.6 is 0 Å². The topological polar surface area (TPSA) is 117 Å². The van der Waals surface area contributed by atoms with Crippen molar-refractivity contribution in [3.63, 3.8) is 0 Å². The van der Waals surface area contributed by atoms with E-state index < -0.39 is 6.29 Å². The molecule has 10 heteroatoms. The molecule has 7 rings (SSSR count). The third-order valence-corrected chi connectivity index (χ3v) is 7.71. The van der Waals surface area contributed by atoms with Gasteiger partial charge in [-0.1, -0.05) is 67.9 Å². The fourth-order valence-electron chi connectivity index (χ4n) is 5.54. The van der Waals surface area contributed by atoms with Gasteiger partial charge in [-0.2, -0.15) is 0 Å². The molecule has 1 saturated heterocycles. The van der Waals surface area contributed by atoms with E-state index in [9.17, 15) is 0 Å². The average Bonchev–Trinajstić information content (AvgIpc) is 3.73. The Morgan fingerprint density at radius 1 is 0.907 bits per heavy atom. The molecule has 0 amide bonds. The number of aryl methyl sites for hydroxylation is 1. The summed E-state index contributed by atoms with van der Waals surface area (Å²) in [4.78, 5) is 14.9. The summed E-state index contributed by atoms with van der Waals surface area (Å²) in [5.41, 5.74) is 8.38. The maximum Gasteiger partial charge on any atom is 0.201 e. The molecular formula is C33H32N8O2. The first-order valence-corrected chi connectivity index (χ1v) is 14.8. The molecule has 0 bridgehead atoms. The van der Waals surface area contributed by atoms with Crippen LogP contribution in [0.15, 0.2) is 79.0 Å². The van der Waals surface area contributed by atoms with E-state index in [4.69, 9.17) is 19.4 Å². The minimum absolute atomic E-state index is 0.545. The molecule has 0 radical (unpaired) electrons. The highest BCUT2D eigenvalue weighted by molar-refractivity contribution is 5.81. The number of ether oxygens (including phenoxy) is 2. The minimum atomic E-state index is -0.545. The van der Waals surface area contributed by atoms with Crippen molar-refractivity contribution in [2.75, 3.05) is 13.2 Å². The monoisotopic (exact) mass is 572 g/mol. The minimum Gasteiger partial charge on any atom is -0.347 e. The van der Waals surface area contributed by atoms with E-state index >= 15 is 0 Å². The first-order valence-electron chi connectivity index (χ1n) is 14.8. The molecule has 2 aromatic carbocycles. The summed E-state index contributed by atoms with van der Waals surface area (Å²) in [6.45, 7) is 4.11. The summed E-state index contributed by atoms with van der Waals surface area (Å²) in [6, 6.07) is 24.7. The van der Waals surface area contributed by atoms with Crippen LogP contribution in [0.4, 0.5) is 0 Å². The van der Waals surface area contributed by atoms with Crippen molar-refractivity contribution in [3.8, 4) is 33.8 Å². The Balaban J connectivity index is 1.28. The molecule has 5 heterocycles. The molecule has 6 aromatic rings. The second kappa shape index (κ2) is 12.2. The van der Waals surface area contributed by atoms with Gasteiger partial charge in [0.25, 0.3) is 0 Å². The van der Waals surface area contributed by atoms with Crippen molar-refractivity contribution in [2.45, 2.75) is 45.4 Å². The molecule has 0 aliphatic carbocycles. The molecule has 216 valence electrons. The zero-order valence-electron chi connectivity index (χ0n) is 24.0. The summed E-state index contributed by atoms with van der Waals surface area (Å²) in [5, 5.41) is 14.5. The van der Waals surface area contributed by atoms with E-state index in [0.717, 1.165) is 81.9 Å². The number of rotatable bonds is 9. The van der Waals surface area contributed by atoms with Gasteiger partial charge in [0, 0.05) is 23.7 Å². The molecule has 0 unspecified atom stereocenters. The lowest BCUT2D eigenvalue weighted by molar-refractivity contribution is -0.184. The van der Waals surface area contributed by atoms with Gasteiger partial charge in [-0.3, -0.25) is 4.98 Å². The predicted molar refractivity (Wildman–Crippen MR) is 163 cm³/mol. The number of hydrogen-bond acceptors (Lipinski definition) is 8. The van der Waals surface area contributed by atoms with E-state index in [2.05, 4.69) is 73.5 Å². The van der Waals surface area contributed by atoms with Crippen molar-refractivity contribution in [3.05, 3.63) is 96.1 Å². The number of nitrogens with one attached hydrogen (secondary N) is 1. The van der Waals surface area contributed by atoms with Gasteiger partial charge in [0.1, 0.15) is 17.0 Å². The largest absolute Gasteiger partial charge is 0.347 e. The maximum atomic E-state index is 6.04. The molecule has 1 N–H and O–H groups in total. The zero-order valence-corrected chi connectivity index (χ0v) is 24.0. The number of benzene rings is 2. The SMILES string of the molecule is CCCCc1nc2cc(-c3ccccn3)c(C3OCCCO3)nc2n1Cc1ccc(-c2ccccc2-c2nnn[nH]2)cc1. The van der Waals surface area contributed by atoms with Crippen LogP contribution in [-0.4, -0.2) is 53.4 Å². The summed E-state index contributed by atoms with van der Waals surface area (Å²) >= 11 is 0. The van der Waals surface area contributed by atoms with Crippen LogP contribution in [0.2, 0.25) is 0 Å². The van der Waals surface area contributed by atoms with Crippen LogP contribution in [-0.2, 0) is 22.4 Å². The lowest BCUT2D eigenvalue weighted by atomic mass is 9.98. The summed E-state index contributed by atoms with van der Waals surface area (Å²) in [5.74, 6) is 1.66. The highest BCUT2D eigenvalue weighted by Gasteiger charge is 2.26. The fourth-order valence-corrected chi connectivity index (χ4v) is 5.54. The van der Waals surface area contributed by atoms with Gasteiger partial charge in [-0.25, -0.2) is 15.1 Å². The zero-order chi connectivity index (χ0) is 29.0. The first-order chi connectivity index (χ1) is 21.3. The van der Waals surface area contributed by atoms with Crippen LogP contribution in [0.3, 0.4) is 0 Å². The Morgan fingerprint density at radius 2 is 1.72 bits per heavy atom. The lowest BCUT2D eigenvalue weighted by Crippen LogP contribution is -2.20. The second-order valence-corrected chi connectivity index (χ2v) is 10.6. The number of hydrogen-bond donors (Lipinski definition) is 1. The number of aromatic nitrogens is 8. The van der Waals surface area contributed by atoms with Gasteiger partial charge in [-0.15, -0.1) is 5.10 Å². The van der Waals surface area contributed by atoms with Crippen molar-refractivity contribution >= 4 is 11.2 Å². The van der Waals surface area contributed by atoms with Gasteiger partial charge in [0.2, 0.25) is 6.29 Å². The number of nitrogens with zero attached hydrogens (tertiary/aromatic N) is 7. The quantitative estimate of drug-likeness (QED) is 0.219. The van der Waals surface area contributed by atoms with Crippen LogP contribution in [0.1, 0.15) is 49.6 Å².